The molecule has 3 heteroatoms. The number of nitrogens with zero attached hydrogens (tertiary/aromatic N) is 1. The monoisotopic (exact) mass is 191 g/mol. The molecule has 0 aliphatic heterocycles. The summed E-state index contributed by atoms with van der Waals surface area (Å²) in [6, 6.07) is 0.557. The highest BCUT2D eigenvalue weighted by Crippen LogP contribution is 2.05. The van der Waals surface area contributed by atoms with Crippen molar-refractivity contribution in [3.63, 3.8) is 0 Å². The van der Waals surface area contributed by atoms with Gasteiger partial charge in [0.25, 0.3) is 0 Å². The number of aliphatic hydroxyl groups excluding tert-OH is 1. The fraction of sp³-hybridized carbons (Fsp3) is 1.00. The van der Waals surface area contributed by atoms with E-state index in [4.69, 9.17) is 0 Å². The molecule has 1 N–H and O–H groups in total. The number of aliphatic hydroxyl groups is 1. The maximum absolute atomic E-state index is 9.40. The molecule has 0 bridgehead atoms. The van der Waals surface area contributed by atoms with Gasteiger partial charge in [0, 0.05) is 18.3 Å². The standard InChI is InChI=1S/C9H21NOS/c1-5-9(11)6-10(3)8(2)7-12-4/h8-9,11H,5-7H2,1-4H3. The molecule has 0 rings (SSSR count). The minimum absolute atomic E-state index is 0.167. The lowest BCUT2D eigenvalue weighted by Crippen LogP contribution is -2.36. The molecule has 0 heterocycles. The average molecular weight is 191 g/mol. The third kappa shape index (κ3) is 5.01. The number of hydrogen-bond donors (Lipinski definition) is 1. The van der Waals surface area contributed by atoms with E-state index in [9.17, 15) is 5.11 Å². The van der Waals surface area contributed by atoms with Crippen LogP contribution in [0.2, 0.25) is 0 Å². The second-order valence-electron chi connectivity index (χ2n) is 3.31. The molecule has 0 saturated heterocycles. The first kappa shape index (κ1) is 12.3. The van der Waals surface area contributed by atoms with E-state index in [1.165, 1.54) is 0 Å². The van der Waals surface area contributed by atoms with Gasteiger partial charge < -0.3 is 10.0 Å². The van der Waals surface area contributed by atoms with Crippen LogP contribution in [-0.4, -0.2) is 47.8 Å². The van der Waals surface area contributed by atoms with Crippen molar-refractivity contribution in [2.75, 3.05) is 25.6 Å². The van der Waals surface area contributed by atoms with Crippen LogP contribution in [0.1, 0.15) is 20.3 Å². The second kappa shape index (κ2) is 6.75. The van der Waals surface area contributed by atoms with Gasteiger partial charge in [-0.1, -0.05) is 6.92 Å². The van der Waals surface area contributed by atoms with Crippen LogP contribution in [0.25, 0.3) is 0 Å². The maximum atomic E-state index is 9.40. The summed E-state index contributed by atoms with van der Waals surface area (Å²) in [5.41, 5.74) is 0. The lowest BCUT2D eigenvalue weighted by Gasteiger charge is -2.25. The average Bonchev–Trinajstić information content (AvgIpc) is 2.04. The van der Waals surface area contributed by atoms with E-state index in [2.05, 4.69) is 25.1 Å². The van der Waals surface area contributed by atoms with Crippen LogP contribution in [0.4, 0.5) is 0 Å². The third-order valence-electron chi connectivity index (χ3n) is 2.13. The molecule has 0 fully saturated rings. The topological polar surface area (TPSA) is 23.5 Å². The van der Waals surface area contributed by atoms with Crippen LogP contribution in [-0.2, 0) is 0 Å². The van der Waals surface area contributed by atoms with Crippen molar-refractivity contribution in [3.8, 4) is 0 Å². The van der Waals surface area contributed by atoms with E-state index in [0.29, 0.717) is 6.04 Å². The molecule has 0 radical (unpaired) electrons. The summed E-state index contributed by atoms with van der Waals surface area (Å²) in [6.07, 6.45) is 2.79. The molecule has 0 saturated carbocycles. The number of likely N-dealkylation sites (N-methyl/N-ethyl adjacent to an activating group) is 1. The molecule has 0 amide bonds. The molecular formula is C9H21NOS. The minimum Gasteiger partial charge on any atom is -0.392 e. The predicted molar refractivity (Wildman–Crippen MR) is 56.8 cm³/mol. The lowest BCUT2D eigenvalue weighted by molar-refractivity contribution is 0.109. The van der Waals surface area contributed by atoms with Crippen molar-refractivity contribution < 1.29 is 5.11 Å². The highest BCUT2D eigenvalue weighted by Gasteiger charge is 2.11. The number of hydrogen-bond acceptors (Lipinski definition) is 3. The summed E-state index contributed by atoms with van der Waals surface area (Å²) in [6.45, 7) is 4.99. The van der Waals surface area contributed by atoms with Gasteiger partial charge in [0.15, 0.2) is 0 Å². The lowest BCUT2D eigenvalue weighted by atomic mass is 10.2. The SMILES string of the molecule is CCC(O)CN(C)C(C)CSC. The Morgan fingerprint density at radius 2 is 2.08 bits per heavy atom. The van der Waals surface area contributed by atoms with Gasteiger partial charge in [-0.2, -0.15) is 11.8 Å². The quantitative estimate of drug-likeness (QED) is 0.687. The van der Waals surface area contributed by atoms with Gasteiger partial charge >= 0.3 is 0 Å². The van der Waals surface area contributed by atoms with E-state index in [1.807, 2.05) is 18.7 Å². The van der Waals surface area contributed by atoms with Crippen LogP contribution in [0.3, 0.4) is 0 Å². The molecule has 0 aromatic rings. The zero-order chi connectivity index (χ0) is 9.56. The Hall–Kier alpha value is 0.270. The van der Waals surface area contributed by atoms with Crippen molar-refractivity contribution in [2.45, 2.75) is 32.4 Å². The zero-order valence-electron chi connectivity index (χ0n) is 8.58. The van der Waals surface area contributed by atoms with Crippen molar-refractivity contribution in [1.82, 2.24) is 4.90 Å². The molecule has 0 aromatic heterocycles. The summed E-state index contributed by atoms with van der Waals surface area (Å²) in [7, 11) is 2.07. The fourth-order valence-corrected chi connectivity index (χ4v) is 1.75. The van der Waals surface area contributed by atoms with Crippen LogP contribution >= 0.6 is 11.8 Å². The Balaban J connectivity index is 3.62. The van der Waals surface area contributed by atoms with Gasteiger partial charge in [0.05, 0.1) is 6.10 Å². The zero-order valence-corrected chi connectivity index (χ0v) is 9.40. The maximum Gasteiger partial charge on any atom is 0.0664 e. The Morgan fingerprint density at radius 1 is 1.50 bits per heavy atom. The van der Waals surface area contributed by atoms with Crippen molar-refractivity contribution in [3.05, 3.63) is 0 Å². The molecule has 2 atom stereocenters. The summed E-state index contributed by atoms with van der Waals surface area (Å²) in [5.74, 6) is 1.13. The molecule has 12 heavy (non-hydrogen) atoms. The molecule has 0 aliphatic rings. The van der Waals surface area contributed by atoms with E-state index in [1.54, 1.807) is 0 Å². The third-order valence-corrected chi connectivity index (χ3v) is 2.95. The first-order valence-corrected chi connectivity index (χ1v) is 5.88. The molecule has 0 spiro atoms. The van der Waals surface area contributed by atoms with E-state index < -0.39 is 0 Å². The van der Waals surface area contributed by atoms with Gasteiger partial charge in [0.1, 0.15) is 0 Å². The normalized spacial score (nSPS) is 16.5. The Morgan fingerprint density at radius 3 is 2.50 bits per heavy atom. The summed E-state index contributed by atoms with van der Waals surface area (Å²) < 4.78 is 0. The molecule has 0 aromatic carbocycles. The smallest absolute Gasteiger partial charge is 0.0664 e. The van der Waals surface area contributed by atoms with Gasteiger partial charge in [-0.15, -0.1) is 0 Å². The summed E-state index contributed by atoms with van der Waals surface area (Å²) >= 11 is 1.85. The Bertz CT molecular complexity index is 111. The van der Waals surface area contributed by atoms with Gasteiger partial charge in [-0.3, -0.25) is 0 Å². The van der Waals surface area contributed by atoms with Gasteiger partial charge in [-0.05, 0) is 26.6 Å². The first-order valence-electron chi connectivity index (χ1n) is 4.49. The number of rotatable bonds is 6. The van der Waals surface area contributed by atoms with Crippen LogP contribution in [0.15, 0.2) is 0 Å². The van der Waals surface area contributed by atoms with Crippen LogP contribution < -0.4 is 0 Å². The van der Waals surface area contributed by atoms with E-state index in [0.717, 1.165) is 18.7 Å². The molecule has 0 aliphatic carbocycles. The summed E-state index contributed by atoms with van der Waals surface area (Å²) in [5, 5.41) is 9.40. The molecular weight excluding hydrogens is 170 g/mol. The summed E-state index contributed by atoms with van der Waals surface area (Å²) in [4.78, 5) is 2.21. The van der Waals surface area contributed by atoms with Crippen molar-refractivity contribution in [1.29, 1.82) is 0 Å². The molecule has 74 valence electrons. The number of thioether (sulfide) groups is 1. The van der Waals surface area contributed by atoms with Crippen molar-refractivity contribution in [2.24, 2.45) is 0 Å². The van der Waals surface area contributed by atoms with E-state index >= 15 is 0 Å². The molecule has 2 unspecified atom stereocenters. The van der Waals surface area contributed by atoms with Gasteiger partial charge in [-0.25, -0.2) is 0 Å². The minimum atomic E-state index is -0.167. The van der Waals surface area contributed by atoms with Gasteiger partial charge in [0.2, 0.25) is 0 Å². The first-order chi connectivity index (χ1) is 5.61. The van der Waals surface area contributed by atoms with Crippen LogP contribution in [0.5, 0.6) is 0 Å². The van der Waals surface area contributed by atoms with Crippen molar-refractivity contribution >= 4 is 11.8 Å². The largest absolute Gasteiger partial charge is 0.392 e. The molecule has 2 nitrogen and oxygen atoms in total. The highest BCUT2D eigenvalue weighted by molar-refractivity contribution is 7.98. The Kier molecular flexibility index (Phi) is 6.90. The Labute approximate surface area is 80.3 Å². The predicted octanol–water partition coefficient (Wildman–Crippen LogP) is 1.44. The fourth-order valence-electron chi connectivity index (χ4n) is 1.01. The second-order valence-corrected chi connectivity index (χ2v) is 4.22. The van der Waals surface area contributed by atoms with Crippen LogP contribution in [0, 0.1) is 0 Å². The highest BCUT2D eigenvalue weighted by atomic mass is 32.2. The van der Waals surface area contributed by atoms with E-state index in [-0.39, 0.29) is 6.10 Å².